The van der Waals surface area contributed by atoms with Crippen LogP contribution in [0.15, 0.2) is 71.3 Å². The van der Waals surface area contributed by atoms with Crippen LogP contribution in [0.5, 0.6) is 0 Å². The van der Waals surface area contributed by atoms with Gasteiger partial charge < -0.3 is 14.6 Å². The molecule has 5 nitrogen and oxygen atoms in total. The minimum absolute atomic E-state index is 0.00218. The van der Waals surface area contributed by atoms with E-state index in [2.05, 4.69) is 17.4 Å². The van der Waals surface area contributed by atoms with Crippen LogP contribution in [0.2, 0.25) is 0 Å². The van der Waals surface area contributed by atoms with Gasteiger partial charge in [-0.05, 0) is 60.2 Å². The molecule has 5 rings (SSSR count). The third-order valence-electron chi connectivity index (χ3n) is 6.14. The molecule has 152 valence electrons. The highest BCUT2D eigenvalue weighted by atomic mass is 16.3. The predicted molar refractivity (Wildman–Crippen MR) is 114 cm³/mol. The van der Waals surface area contributed by atoms with Gasteiger partial charge in [0.25, 0.3) is 0 Å². The lowest BCUT2D eigenvalue weighted by atomic mass is 10.0. The second-order valence-corrected chi connectivity index (χ2v) is 8.08. The summed E-state index contributed by atoms with van der Waals surface area (Å²) in [5.74, 6) is 0.168. The Morgan fingerprint density at radius 3 is 2.67 bits per heavy atom. The smallest absolute Gasteiger partial charge is 0.227 e. The van der Waals surface area contributed by atoms with Gasteiger partial charge in [0.15, 0.2) is 0 Å². The van der Waals surface area contributed by atoms with E-state index < -0.39 is 0 Å². The van der Waals surface area contributed by atoms with Crippen molar-refractivity contribution in [1.82, 2.24) is 5.32 Å². The molecule has 30 heavy (non-hydrogen) atoms. The molecule has 1 aliphatic carbocycles. The van der Waals surface area contributed by atoms with Crippen molar-refractivity contribution in [2.75, 3.05) is 11.4 Å². The molecule has 1 saturated heterocycles. The number of amides is 2. The van der Waals surface area contributed by atoms with Crippen molar-refractivity contribution < 1.29 is 14.0 Å². The van der Waals surface area contributed by atoms with Gasteiger partial charge in [-0.2, -0.15) is 0 Å². The number of nitrogens with one attached hydrogen (secondary N) is 1. The van der Waals surface area contributed by atoms with Crippen LogP contribution in [0.3, 0.4) is 0 Å². The normalized spacial score (nSPS) is 19.0. The Balaban J connectivity index is 1.33. The molecule has 0 bridgehead atoms. The fourth-order valence-electron chi connectivity index (χ4n) is 4.54. The molecule has 2 aromatic carbocycles. The molecule has 1 N–H and O–H groups in total. The topological polar surface area (TPSA) is 62.6 Å². The Kier molecular flexibility index (Phi) is 4.87. The van der Waals surface area contributed by atoms with E-state index in [1.54, 1.807) is 11.2 Å². The van der Waals surface area contributed by atoms with Crippen molar-refractivity contribution in [2.45, 2.75) is 31.7 Å². The number of hydrogen-bond donors (Lipinski definition) is 1. The van der Waals surface area contributed by atoms with Gasteiger partial charge in [-0.1, -0.05) is 36.4 Å². The summed E-state index contributed by atoms with van der Waals surface area (Å²) >= 11 is 0. The van der Waals surface area contributed by atoms with E-state index in [0.717, 1.165) is 24.1 Å². The summed E-state index contributed by atoms with van der Waals surface area (Å²) in [5, 5.41) is 3.10. The number of rotatable bonds is 5. The van der Waals surface area contributed by atoms with Gasteiger partial charge in [-0.15, -0.1) is 0 Å². The molecule has 0 spiro atoms. The average Bonchev–Trinajstić information content (AvgIpc) is 3.52. The summed E-state index contributed by atoms with van der Waals surface area (Å²) in [7, 11) is 0. The van der Waals surface area contributed by atoms with Gasteiger partial charge in [0.05, 0.1) is 12.2 Å². The van der Waals surface area contributed by atoms with Crippen LogP contribution in [0.1, 0.15) is 41.3 Å². The van der Waals surface area contributed by atoms with Gasteiger partial charge in [0, 0.05) is 18.7 Å². The van der Waals surface area contributed by atoms with E-state index in [1.807, 2.05) is 48.5 Å². The predicted octanol–water partition coefficient (Wildman–Crippen LogP) is 4.03. The van der Waals surface area contributed by atoms with Crippen LogP contribution in [-0.4, -0.2) is 18.4 Å². The maximum Gasteiger partial charge on any atom is 0.227 e. The number of aryl methyl sites for hydroxylation is 2. The number of anilines is 1. The summed E-state index contributed by atoms with van der Waals surface area (Å²) in [4.78, 5) is 27.6. The first kappa shape index (κ1) is 18.7. The Bertz CT molecular complexity index is 1060. The molecule has 2 heterocycles. The number of hydrogen-bond acceptors (Lipinski definition) is 3. The maximum absolute atomic E-state index is 13.1. The molecule has 1 aromatic heterocycles. The zero-order valence-electron chi connectivity index (χ0n) is 16.7. The first-order valence-electron chi connectivity index (χ1n) is 10.5. The third kappa shape index (κ3) is 3.52. The Labute approximate surface area is 175 Å². The number of carbonyl (C=O) groups is 2. The second-order valence-electron chi connectivity index (χ2n) is 8.08. The molecular weight excluding hydrogens is 376 g/mol. The van der Waals surface area contributed by atoms with Crippen LogP contribution in [0.4, 0.5) is 5.69 Å². The quantitative estimate of drug-likeness (QED) is 0.703. The minimum atomic E-state index is -0.382. The molecule has 2 atom stereocenters. The summed E-state index contributed by atoms with van der Waals surface area (Å²) in [5.41, 5.74) is 4.56. The fourth-order valence-corrected chi connectivity index (χ4v) is 4.54. The van der Waals surface area contributed by atoms with Gasteiger partial charge in [-0.25, -0.2) is 0 Å². The SMILES string of the molecule is O=C(NC(c1ccccc1)c1ccco1)C1CC(=O)N(c2ccc3c(c2)CCC3)C1. The Morgan fingerprint density at radius 2 is 1.87 bits per heavy atom. The van der Waals surface area contributed by atoms with Crippen LogP contribution >= 0.6 is 0 Å². The zero-order valence-corrected chi connectivity index (χ0v) is 16.7. The zero-order chi connectivity index (χ0) is 20.5. The Hall–Kier alpha value is -3.34. The van der Waals surface area contributed by atoms with E-state index in [0.29, 0.717) is 12.3 Å². The van der Waals surface area contributed by atoms with Gasteiger partial charge in [0.2, 0.25) is 11.8 Å². The van der Waals surface area contributed by atoms with Crippen molar-refractivity contribution in [3.05, 3.63) is 89.4 Å². The molecular formula is C25H24N2O3. The lowest BCUT2D eigenvalue weighted by molar-refractivity contribution is -0.126. The Morgan fingerprint density at radius 1 is 1.03 bits per heavy atom. The lowest BCUT2D eigenvalue weighted by Gasteiger charge is -2.20. The molecule has 0 radical (unpaired) electrons. The van der Waals surface area contributed by atoms with Gasteiger partial charge in [0.1, 0.15) is 11.8 Å². The molecule has 2 amide bonds. The van der Waals surface area contributed by atoms with Crippen molar-refractivity contribution in [3.8, 4) is 0 Å². The van der Waals surface area contributed by atoms with Crippen molar-refractivity contribution in [2.24, 2.45) is 5.92 Å². The van der Waals surface area contributed by atoms with Crippen LogP contribution in [0.25, 0.3) is 0 Å². The average molecular weight is 400 g/mol. The van der Waals surface area contributed by atoms with Gasteiger partial charge in [-0.3, -0.25) is 9.59 Å². The third-order valence-corrected chi connectivity index (χ3v) is 6.14. The largest absolute Gasteiger partial charge is 0.467 e. The van der Waals surface area contributed by atoms with E-state index >= 15 is 0 Å². The van der Waals surface area contributed by atoms with E-state index in [9.17, 15) is 9.59 Å². The molecule has 1 aliphatic heterocycles. The molecule has 0 saturated carbocycles. The van der Waals surface area contributed by atoms with Crippen LogP contribution in [-0.2, 0) is 22.4 Å². The number of benzene rings is 2. The van der Waals surface area contributed by atoms with E-state index in [4.69, 9.17) is 4.42 Å². The van der Waals surface area contributed by atoms with E-state index in [1.165, 1.54) is 17.5 Å². The molecule has 3 aromatic rings. The number of nitrogens with zero attached hydrogens (tertiary/aromatic N) is 1. The fraction of sp³-hybridized carbons (Fsp3) is 0.280. The molecule has 2 aliphatic rings. The first-order valence-corrected chi connectivity index (χ1v) is 10.5. The second kappa shape index (κ2) is 7.82. The monoisotopic (exact) mass is 400 g/mol. The summed E-state index contributed by atoms with van der Waals surface area (Å²) in [6.45, 7) is 0.406. The number of carbonyl (C=O) groups excluding carboxylic acids is 2. The highest BCUT2D eigenvalue weighted by molar-refractivity contribution is 6.00. The first-order chi connectivity index (χ1) is 14.7. The van der Waals surface area contributed by atoms with Crippen molar-refractivity contribution in [3.63, 3.8) is 0 Å². The summed E-state index contributed by atoms with van der Waals surface area (Å²) in [6, 6.07) is 19.3. The summed E-state index contributed by atoms with van der Waals surface area (Å²) < 4.78 is 5.58. The van der Waals surface area contributed by atoms with Gasteiger partial charge >= 0.3 is 0 Å². The highest BCUT2D eigenvalue weighted by Gasteiger charge is 2.36. The standard InChI is InChI=1S/C25H24N2O3/c28-23-15-20(16-27(23)21-12-11-17-8-4-9-19(17)14-21)25(29)26-24(22-10-5-13-30-22)18-6-2-1-3-7-18/h1-3,5-7,10-14,20,24H,4,8-9,15-16H2,(H,26,29). The molecule has 1 fully saturated rings. The number of fused-ring (bicyclic) bond motifs is 1. The highest BCUT2D eigenvalue weighted by Crippen LogP contribution is 2.31. The molecule has 5 heteroatoms. The van der Waals surface area contributed by atoms with Crippen LogP contribution < -0.4 is 10.2 Å². The summed E-state index contributed by atoms with van der Waals surface area (Å²) in [6.07, 6.45) is 5.18. The minimum Gasteiger partial charge on any atom is -0.467 e. The maximum atomic E-state index is 13.1. The molecule has 2 unspecified atom stereocenters. The van der Waals surface area contributed by atoms with Crippen molar-refractivity contribution in [1.29, 1.82) is 0 Å². The van der Waals surface area contributed by atoms with Crippen molar-refractivity contribution >= 4 is 17.5 Å². The lowest BCUT2D eigenvalue weighted by Crippen LogP contribution is -2.36. The number of furan rings is 1. The van der Waals surface area contributed by atoms with Crippen LogP contribution in [0, 0.1) is 5.92 Å². The van der Waals surface area contributed by atoms with E-state index in [-0.39, 0.29) is 30.2 Å².